The third kappa shape index (κ3) is 8.76. The smallest absolute Gasteiger partial charge is 0.207 e. The third-order valence-electron chi connectivity index (χ3n) is 3.81. The Morgan fingerprint density at radius 1 is 1.32 bits per heavy atom. The quantitative estimate of drug-likeness (QED) is 0.164. The molecule has 1 heterocycles. The maximum Gasteiger partial charge on any atom is 0.207 e. The van der Waals surface area contributed by atoms with Crippen LogP contribution in [0.2, 0.25) is 0 Å². The molecule has 0 saturated carbocycles. The predicted octanol–water partition coefficient (Wildman–Crippen LogP) is 0.590. The number of hydrogen-bond donors (Lipinski definition) is 3. The summed E-state index contributed by atoms with van der Waals surface area (Å²) in [5.74, 6) is 6.90. The zero-order valence-corrected chi connectivity index (χ0v) is 15.7. The summed E-state index contributed by atoms with van der Waals surface area (Å²) in [5.41, 5.74) is 8.70. The van der Waals surface area contributed by atoms with Crippen molar-refractivity contribution in [1.29, 1.82) is 0 Å². The highest BCUT2D eigenvalue weighted by molar-refractivity contribution is 5.93. The van der Waals surface area contributed by atoms with Gasteiger partial charge in [-0.3, -0.25) is 4.90 Å². The second kappa shape index (κ2) is 12.6. The molecule has 5 N–H and O–H groups in total. The Labute approximate surface area is 151 Å². The van der Waals surface area contributed by atoms with Gasteiger partial charge < -0.3 is 25.5 Å². The number of aliphatic imine (C=N–C) groups is 1. The van der Waals surface area contributed by atoms with E-state index >= 15 is 0 Å². The van der Waals surface area contributed by atoms with Gasteiger partial charge in [0.05, 0.1) is 13.2 Å². The molecule has 0 atom stereocenters. The Bertz CT molecular complexity index is 440. The van der Waals surface area contributed by atoms with Gasteiger partial charge in [0.1, 0.15) is 18.3 Å². The molecule has 1 saturated heterocycles. The minimum atomic E-state index is 0.308. The van der Waals surface area contributed by atoms with Crippen molar-refractivity contribution < 1.29 is 9.47 Å². The second-order valence-corrected chi connectivity index (χ2v) is 5.89. The first-order valence-electron chi connectivity index (χ1n) is 8.99. The zero-order chi connectivity index (χ0) is 18.5. The molecule has 0 aliphatic carbocycles. The number of hydrogen-bond acceptors (Lipinski definition) is 7. The van der Waals surface area contributed by atoms with Gasteiger partial charge in [0.25, 0.3) is 0 Å². The molecule has 0 bridgehead atoms. The van der Waals surface area contributed by atoms with Crippen LogP contribution in [0.25, 0.3) is 0 Å². The maximum absolute atomic E-state index is 6.16. The zero-order valence-electron chi connectivity index (χ0n) is 15.7. The van der Waals surface area contributed by atoms with Crippen molar-refractivity contribution in [3.8, 4) is 0 Å². The largest absolute Gasteiger partial charge is 0.477 e. The van der Waals surface area contributed by atoms with E-state index in [-0.39, 0.29) is 0 Å². The lowest BCUT2D eigenvalue weighted by Crippen LogP contribution is -2.38. The molecule has 0 spiro atoms. The molecule has 0 amide bonds. The monoisotopic (exact) mass is 354 g/mol. The van der Waals surface area contributed by atoms with Crippen molar-refractivity contribution in [1.82, 2.24) is 15.2 Å². The van der Waals surface area contributed by atoms with Crippen LogP contribution in [0.4, 0.5) is 0 Å². The molecule has 0 radical (unpaired) electrons. The van der Waals surface area contributed by atoms with E-state index < -0.39 is 0 Å². The van der Waals surface area contributed by atoms with E-state index in [9.17, 15) is 0 Å². The number of ether oxygens (including phenoxy) is 2. The molecule has 0 aromatic heterocycles. The molecule has 1 fully saturated rings. The van der Waals surface area contributed by atoms with Gasteiger partial charge in [-0.1, -0.05) is 13.8 Å². The fraction of sp³-hybridized carbons (Fsp3) is 0.706. The highest BCUT2D eigenvalue weighted by atomic mass is 16.5. The third-order valence-corrected chi connectivity index (χ3v) is 3.81. The molecule has 0 unspecified atom stereocenters. The summed E-state index contributed by atoms with van der Waals surface area (Å²) in [5, 5.41) is 0. The van der Waals surface area contributed by atoms with Crippen LogP contribution in [0.5, 0.6) is 0 Å². The van der Waals surface area contributed by atoms with Gasteiger partial charge >= 0.3 is 0 Å². The Morgan fingerprint density at radius 3 is 2.52 bits per heavy atom. The van der Waals surface area contributed by atoms with E-state index in [1.54, 1.807) is 6.08 Å². The van der Waals surface area contributed by atoms with Crippen molar-refractivity contribution in [2.75, 3.05) is 52.5 Å². The summed E-state index contributed by atoms with van der Waals surface area (Å²) in [4.78, 5) is 8.65. The number of nitrogens with one attached hydrogen (secondary N) is 1. The van der Waals surface area contributed by atoms with Crippen molar-refractivity contribution >= 4 is 5.84 Å². The summed E-state index contributed by atoms with van der Waals surface area (Å²) in [6, 6.07) is 0. The van der Waals surface area contributed by atoms with E-state index in [0.29, 0.717) is 24.1 Å². The number of rotatable bonds is 11. The second-order valence-electron chi connectivity index (χ2n) is 5.89. The summed E-state index contributed by atoms with van der Waals surface area (Å²) < 4.78 is 10.9. The molecule has 8 heteroatoms. The van der Waals surface area contributed by atoms with Crippen LogP contribution in [0.15, 0.2) is 29.4 Å². The van der Waals surface area contributed by atoms with Gasteiger partial charge in [-0.15, -0.1) is 0 Å². The molecule has 0 aromatic carbocycles. The molecule has 25 heavy (non-hydrogen) atoms. The van der Waals surface area contributed by atoms with Crippen LogP contribution >= 0.6 is 0 Å². The molecule has 1 aliphatic heterocycles. The van der Waals surface area contributed by atoms with Gasteiger partial charge in [0.15, 0.2) is 0 Å². The topological polar surface area (TPSA) is 101 Å². The molecular formula is C17H34N6O2. The Morgan fingerprint density at radius 2 is 1.96 bits per heavy atom. The van der Waals surface area contributed by atoms with Crippen molar-refractivity contribution in [3.63, 3.8) is 0 Å². The lowest BCUT2D eigenvalue weighted by atomic mass is 10.3. The average Bonchev–Trinajstić information content (AvgIpc) is 2.61. The van der Waals surface area contributed by atoms with E-state index in [2.05, 4.69) is 40.6 Å². The van der Waals surface area contributed by atoms with Gasteiger partial charge in [0, 0.05) is 38.8 Å². The fourth-order valence-corrected chi connectivity index (χ4v) is 2.53. The normalized spacial score (nSPS) is 16.6. The van der Waals surface area contributed by atoms with Crippen LogP contribution in [-0.2, 0) is 9.47 Å². The van der Waals surface area contributed by atoms with Crippen molar-refractivity contribution in [2.24, 2.45) is 16.6 Å². The average molecular weight is 354 g/mol. The number of nitrogens with zero attached hydrogens (tertiary/aromatic N) is 3. The van der Waals surface area contributed by atoms with Crippen LogP contribution in [0.3, 0.4) is 0 Å². The van der Waals surface area contributed by atoms with E-state index in [1.807, 2.05) is 0 Å². The summed E-state index contributed by atoms with van der Waals surface area (Å²) in [7, 11) is 0. The van der Waals surface area contributed by atoms with Gasteiger partial charge in [-0.2, -0.15) is 4.99 Å². The molecule has 1 rings (SSSR count). The van der Waals surface area contributed by atoms with Crippen LogP contribution in [-0.4, -0.2) is 68.2 Å². The van der Waals surface area contributed by atoms with E-state index in [1.165, 1.54) is 0 Å². The Kier molecular flexibility index (Phi) is 10.7. The van der Waals surface area contributed by atoms with Crippen LogP contribution < -0.4 is 17.0 Å². The lowest BCUT2D eigenvalue weighted by molar-refractivity contribution is 0.0275. The highest BCUT2D eigenvalue weighted by Crippen LogP contribution is 2.03. The van der Waals surface area contributed by atoms with Crippen LogP contribution in [0.1, 0.15) is 26.7 Å². The summed E-state index contributed by atoms with van der Waals surface area (Å²) in [6.45, 7) is 14.6. The number of morpholine rings is 1. The van der Waals surface area contributed by atoms with Crippen LogP contribution in [0, 0.1) is 0 Å². The molecular weight excluding hydrogens is 320 g/mol. The number of amidine groups is 1. The number of nitrogens with two attached hydrogens (primary N) is 2. The highest BCUT2D eigenvalue weighted by Gasteiger charge is 2.10. The minimum absolute atomic E-state index is 0.308. The molecule has 8 nitrogen and oxygen atoms in total. The van der Waals surface area contributed by atoms with E-state index in [0.717, 1.165) is 58.8 Å². The first-order chi connectivity index (χ1) is 12.1. The van der Waals surface area contributed by atoms with E-state index in [4.69, 9.17) is 21.1 Å². The fourth-order valence-electron chi connectivity index (χ4n) is 2.53. The van der Waals surface area contributed by atoms with Gasteiger partial charge in [0.2, 0.25) is 5.88 Å². The summed E-state index contributed by atoms with van der Waals surface area (Å²) in [6.07, 6.45) is 3.75. The molecule has 144 valence electrons. The summed E-state index contributed by atoms with van der Waals surface area (Å²) >= 11 is 0. The maximum atomic E-state index is 6.16. The number of hydrazine groups is 1. The van der Waals surface area contributed by atoms with Gasteiger partial charge in [-0.05, 0) is 19.4 Å². The molecule has 1 aliphatic rings. The standard InChI is InChI=1S/C17H34N6O2/c1-4-6-23(7-5-2)16(18)14-17(21-19)20-15(3)25-13-10-22-8-11-24-12-9-22/h14H,3-13,18-19H2,1-2H3,(H,20,21)/b16-14+. The van der Waals surface area contributed by atoms with Crippen molar-refractivity contribution in [3.05, 3.63) is 24.4 Å². The first-order valence-corrected chi connectivity index (χ1v) is 8.99. The Balaban J connectivity index is 2.51. The Hall–Kier alpha value is -1.77. The predicted molar refractivity (Wildman–Crippen MR) is 102 cm³/mol. The van der Waals surface area contributed by atoms with Gasteiger partial charge in [-0.25, -0.2) is 5.84 Å². The lowest BCUT2D eigenvalue weighted by Gasteiger charge is -2.26. The van der Waals surface area contributed by atoms with Crippen molar-refractivity contribution in [2.45, 2.75) is 26.7 Å². The minimum Gasteiger partial charge on any atom is -0.477 e. The SMILES string of the molecule is C=C(/N=C(\C=C(/N)N(CCC)CCC)NN)OCCN1CCOCC1. The molecule has 0 aromatic rings. The first kappa shape index (κ1) is 21.3.